The number of halogens is 2. The molecule has 2 aromatic heterocycles. The number of carbonyl (C=O) groups is 1. The Kier molecular flexibility index (Phi) is 6.01. The van der Waals surface area contributed by atoms with Gasteiger partial charge in [0, 0.05) is 25.9 Å². The summed E-state index contributed by atoms with van der Waals surface area (Å²) in [5.41, 5.74) is 0.138. The van der Waals surface area contributed by atoms with Gasteiger partial charge in [0.15, 0.2) is 29.4 Å². The van der Waals surface area contributed by atoms with E-state index in [4.69, 9.17) is 16.3 Å². The van der Waals surface area contributed by atoms with E-state index in [9.17, 15) is 4.79 Å². The zero-order chi connectivity index (χ0) is 21.5. The molecule has 4 atom stereocenters. The second-order valence-corrected chi connectivity index (χ2v) is 8.29. The van der Waals surface area contributed by atoms with Crippen molar-refractivity contribution >= 4 is 40.4 Å². The van der Waals surface area contributed by atoms with Gasteiger partial charge >= 0.3 is 0 Å². The van der Waals surface area contributed by atoms with Crippen molar-refractivity contribution in [2.45, 2.75) is 52.1 Å². The van der Waals surface area contributed by atoms with E-state index in [0.29, 0.717) is 23.4 Å². The number of hydrogen-bond acceptors (Lipinski definition) is 6. The van der Waals surface area contributed by atoms with Crippen molar-refractivity contribution in [1.29, 1.82) is 0 Å². The molecule has 29 heavy (non-hydrogen) atoms. The normalized spacial score (nSPS) is 27.0. The Labute approximate surface area is 174 Å². The fourth-order valence-electron chi connectivity index (χ4n) is 3.52. The summed E-state index contributed by atoms with van der Waals surface area (Å²) >= 11 is 6.15. The quantitative estimate of drug-likeness (QED) is 0.713. The van der Waals surface area contributed by atoms with Crippen LogP contribution in [0.5, 0.6) is 0 Å². The van der Waals surface area contributed by atoms with Crippen LogP contribution < -0.4 is 10.2 Å². The number of rotatable bonds is 6. The Morgan fingerprint density at radius 1 is 1.45 bits per heavy atom. The first-order chi connectivity index (χ1) is 13.6. The average Bonchev–Trinajstić information content (AvgIpc) is 3.21. The highest BCUT2D eigenvalue weighted by Crippen LogP contribution is 2.46. The van der Waals surface area contributed by atoms with Crippen LogP contribution in [-0.2, 0) is 9.53 Å². The first kappa shape index (κ1) is 21.7. The van der Waals surface area contributed by atoms with Crippen molar-refractivity contribution in [2.24, 2.45) is 11.8 Å². The fourth-order valence-corrected chi connectivity index (χ4v) is 4.02. The summed E-state index contributed by atoms with van der Waals surface area (Å²) in [6, 6.07) is 0. The monoisotopic (exact) mass is 426 g/mol. The molecule has 10 heteroatoms. The molecule has 0 radical (unpaired) electrons. The number of ether oxygens (including phenoxy) is 1. The number of nitrogens with zero attached hydrogens (tertiary/aromatic N) is 5. The van der Waals surface area contributed by atoms with Gasteiger partial charge in [-0.05, 0) is 6.42 Å². The molecule has 1 N–H and O–H groups in total. The standard InChI is InChI=1S/C19H28ClFN6O2/c1-7-19(8-20)11(4)12(21)17(29-19)27-9-22-13-14(26(5)6)23-18(24-15(13)27)25-16(28)10(2)3/h9-12,17H,7-8H2,1-6H3,(H,23,24,25,28)/t11-,12+,17+,19-/m0/s1. The third kappa shape index (κ3) is 3.66. The summed E-state index contributed by atoms with van der Waals surface area (Å²) in [4.78, 5) is 27.2. The number of hydrogen-bond donors (Lipinski definition) is 1. The molecule has 1 aliphatic rings. The highest BCUT2D eigenvalue weighted by molar-refractivity contribution is 6.18. The lowest BCUT2D eigenvalue weighted by atomic mass is 9.87. The summed E-state index contributed by atoms with van der Waals surface area (Å²) < 4.78 is 23.0. The average molecular weight is 427 g/mol. The van der Waals surface area contributed by atoms with Gasteiger partial charge in [-0.1, -0.05) is 27.7 Å². The topological polar surface area (TPSA) is 85.2 Å². The van der Waals surface area contributed by atoms with Gasteiger partial charge in [-0.3, -0.25) is 14.7 Å². The second-order valence-electron chi connectivity index (χ2n) is 8.03. The number of fused-ring (bicyclic) bond motifs is 1. The predicted octanol–water partition coefficient (Wildman–Crippen LogP) is 3.38. The Morgan fingerprint density at radius 2 is 2.14 bits per heavy atom. The van der Waals surface area contributed by atoms with E-state index in [-0.39, 0.29) is 29.6 Å². The van der Waals surface area contributed by atoms with E-state index in [2.05, 4.69) is 20.3 Å². The molecule has 3 rings (SSSR count). The maximum absolute atomic E-state index is 15.3. The Balaban J connectivity index is 2.10. The van der Waals surface area contributed by atoms with Crippen molar-refractivity contribution < 1.29 is 13.9 Å². The van der Waals surface area contributed by atoms with E-state index in [0.717, 1.165) is 0 Å². The zero-order valence-electron chi connectivity index (χ0n) is 17.6. The zero-order valence-corrected chi connectivity index (χ0v) is 18.4. The number of imidazole rings is 1. The summed E-state index contributed by atoms with van der Waals surface area (Å²) in [6.07, 6.45) is -0.0936. The number of alkyl halides is 2. The number of amides is 1. The maximum Gasteiger partial charge on any atom is 0.233 e. The van der Waals surface area contributed by atoms with Crippen LogP contribution in [0.15, 0.2) is 6.33 Å². The van der Waals surface area contributed by atoms with Crippen LogP contribution >= 0.6 is 11.6 Å². The van der Waals surface area contributed by atoms with Crippen LogP contribution in [0.2, 0.25) is 0 Å². The van der Waals surface area contributed by atoms with E-state index in [1.807, 2.05) is 27.9 Å². The van der Waals surface area contributed by atoms with E-state index in [1.54, 1.807) is 23.3 Å². The summed E-state index contributed by atoms with van der Waals surface area (Å²) in [5.74, 6) is 0.0340. The van der Waals surface area contributed by atoms with Gasteiger partial charge in [0.2, 0.25) is 11.9 Å². The molecule has 0 unspecified atom stereocenters. The van der Waals surface area contributed by atoms with Crippen LogP contribution in [0.1, 0.15) is 40.3 Å². The van der Waals surface area contributed by atoms with E-state index >= 15 is 4.39 Å². The predicted molar refractivity (Wildman–Crippen MR) is 111 cm³/mol. The van der Waals surface area contributed by atoms with E-state index < -0.39 is 18.0 Å². The fraction of sp³-hybridized carbons (Fsp3) is 0.684. The molecule has 160 valence electrons. The van der Waals surface area contributed by atoms with Crippen molar-refractivity contribution in [2.75, 3.05) is 30.2 Å². The largest absolute Gasteiger partial charge is 0.361 e. The van der Waals surface area contributed by atoms with Crippen LogP contribution in [-0.4, -0.2) is 57.2 Å². The molecule has 8 nitrogen and oxygen atoms in total. The lowest BCUT2D eigenvalue weighted by Gasteiger charge is -2.29. The van der Waals surface area contributed by atoms with Crippen LogP contribution in [0, 0.1) is 11.8 Å². The molecule has 0 bridgehead atoms. The minimum atomic E-state index is -1.28. The van der Waals surface area contributed by atoms with Gasteiger partial charge < -0.3 is 9.64 Å². The summed E-state index contributed by atoms with van der Waals surface area (Å²) in [7, 11) is 3.63. The maximum atomic E-state index is 15.3. The van der Waals surface area contributed by atoms with Gasteiger partial charge in [-0.25, -0.2) is 9.37 Å². The van der Waals surface area contributed by atoms with Crippen molar-refractivity contribution in [3.63, 3.8) is 0 Å². The first-order valence-electron chi connectivity index (χ1n) is 9.75. The number of carbonyl (C=O) groups excluding carboxylic acids is 1. The lowest BCUT2D eigenvalue weighted by Crippen LogP contribution is -2.37. The van der Waals surface area contributed by atoms with Crippen LogP contribution in [0.25, 0.3) is 11.2 Å². The number of anilines is 2. The lowest BCUT2D eigenvalue weighted by molar-refractivity contribution is -0.118. The third-order valence-electron chi connectivity index (χ3n) is 5.62. The summed E-state index contributed by atoms with van der Waals surface area (Å²) in [5, 5.41) is 2.71. The second kappa shape index (κ2) is 8.02. The minimum absolute atomic E-state index is 0.141. The van der Waals surface area contributed by atoms with Crippen molar-refractivity contribution in [3.05, 3.63) is 6.33 Å². The van der Waals surface area contributed by atoms with Gasteiger partial charge in [-0.2, -0.15) is 9.97 Å². The van der Waals surface area contributed by atoms with Gasteiger partial charge in [0.05, 0.1) is 17.8 Å². The van der Waals surface area contributed by atoms with E-state index in [1.165, 1.54) is 6.33 Å². The first-order valence-corrected chi connectivity index (χ1v) is 10.3. The molecule has 0 aliphatic carbocycles. The Hall–Kier alpha value is -2.00. The Bertz CT molecular complexity index is 898. The molecular formula is C19H28ClFN6O2. The van der Waals surface area contributed by atoms with Crippen molar-refractivity contribution in [3.8, 4) is 0 Å². The van der Waals surface area contributed by atoms with Crippen molar-refractivity contribution in [1.82, 2.24) is 19.5 Å². The molecule has 1 aliphatic heterocycles. The molecule has 1 fully saturated rings. The SMILES string of the molecule is CC[C@@]1(CCl)O[C@@H](n2cnc3c(N(C)C)nc(NC(=O)C(C)C)nc32)[C@H](F)[C@@H]1C. The Morgan fingerprint density at radius 3 is 2.66 bits per heavy atom. The smallest absolute Gasteiger partial charge is 0.233 e. The highest BCUT2D eigenvalue weighted by atomic mass is 35.5. The molecule has 0 aromatic carbocycles. The molecule has 1 amide bonds. The third-order valence-corrected chi connectivity index (χ3v) is 6.07. The minimum Gasteiger partial charge on any atom is -0.361 e. The van der Waals surface area contributed by atoms with Crippen LogP contribution in [0.4, 0.5) is 16.2 Å². The molecule has 3 heterocycles. The van der Waals surface area contributed by atoms with Gasteiger partial charge in [-0.15, -0.1) is 11.6 Å². The van der Waals surface area contributed by atoms with Crippen LogP contribution in [0.3, 0.4) is 0 Å². The van der Waals surface area contributed by atoms with Gasteiger partial charge in [0.1, 0.15) is 0 Å². The highest BCUT2D eigenvalue weighted by Gasteiger charge is 2.53. The summed E-state index contributed by atoms with van der Waals surface area (Å²) in [6.45, 7) is 7.31. The number of nitrogens with one attached hydrogen (secondary N) is 1. The molecule has 0 spiro atoms. The molecular weight excluding hydrogens is 399 g/mol. The molecule has 2 aromatic rings. The molecule has 0 saturated carbocycles. The number of aromatic nitrogens is 4. The van der Waals surface area contributed by atoms with Gasteiger partial charge in [0.25, 0.3) is 0 Å². The molecule has 1 saturated heterocycles.